The highest BCUT2D eigenvalue weighted by Crippen LogP contribution is 2.28. The molecule has 29 heavy (non-hydrogen) atoms. The minimum atomic E-state index is -0.242. The molecule has 2 heterocycles. The van der Waals surface area contributed by atoms with Gasteiger partial charge in [-0.25, -0.2) is 0 Å². The molecule has 1 aromatic carbocycles. The van der Waals surface area contributed by atoms with Crippen LogP contribution in [0.4, 0.5) is 5.69 Å². The predicted molar refractivity (Wildman–Crippen MR) is 116 cm³/mol. The summed E-state index contributed by atoms with van der Waals surface area (Å²) in [7, 11) is 0. The molecule has 2 aromatic rings. The highest BCUT2D eigenvalue weighted by Gasteiger charge is 2.27. The van der Waals surface area contributed by atoms with Crippen LogP contribution in [0.5, 0.6) is 0 Å². The number of carbonyl (C=O) groups excluding carboxylic acids is 2. The van der Waals surface area contributed by atoms with Crippen molar-refractivity contribution in [1.82, 2.24) is 9.88 Å². The Kier molecular flexibility index (Phi) is 6.68. The zero-order valence-corrected chi connectivity index (χ0v) is 17.9. The molecule has 1 N–H and O–H groups in total. The number of rotatable bonds is 5. The first-order valence-electron chi connectivity index (χ1n) is 10.6. The zero-order valence-electron chi connectivity index (χ0n) is 17.9. The molecule has 5 heteroatoms. The number of hydrogen-bond donors (Lipinski definition) is 1. The summed E-state index contributed by atoms with van der Waals surface area (Å²) in [5.41, 5.74) is 3.83. The number of para-hydroxylation sites is 1. The molecule has 1 saturated heterocycles. The van der Waals surface area contributed by atoms with Gasteiger partial charge in [-0.1, -0.05) is 39.0 Å². The quantitative estimate of drug-likeness (QED) is 0.762. The van der Waals surface area contributed by atoms with E-state index in [1.807, 2.05) is 30.0 Å². The van der Waals surface area contributed by atoms with Crippen LogP contribution in [0.1, 0.15) is 84.2 Å². The number of aryl methyl sites for hydroxylation is 1. The van der Waals surface area contributed by atoms with Gasteiger partial charge in [-0.05, 0) is 55.7 Å². The van der Waals surface area contributed by atoms with Gasteiger partial charge in [0.1, 0.15) is 0 Å². The van der Waals surface area contributed by atoms with Crippen LogP contribution >= 0.6 is 0 Å². The molecule has 154 valence electrons. The molecule has 1 aliphatic heterocycles. The van der Waals surface area contributed by atoms with Gasteiger partial charge in [-0.3, -0.25) is 14.6 Å². The molecule has 0 radical (unpaired) electrons. The van der Waals surface area contributed by atoms with Crippen LogP contribution in [0.3, 0.4) is 0 Å². The molecule has 1 fully saturated rings. The van der Waals surface area contributed by atoms with E-state index in [1.165, 1.54) is 6.20 Å². The largest absolute Gasteiger partial charge is 0.336 e. The second-order valence-corrected chi connectivity index (χ2v) is 8.17. The fraction of sp³-hybridized carbons (Fsp3) is 0.458. The van der Waals surface area contributed by atoms with E-state index in [0.29, 0.717) is 17.0 Å². The molecule has 0 spiro atoms. The second kappa shape index (κ2) is 9.21. The van der Waals surface area contributed by atoms with E-state index in [9.17, 15) is 9.59 Å². The van der Waals surface area contributed by atoms with Gasteiger partial charge in [0, 0.05) is 30.7 Å². The standard InChI is InChI=1S/C24H31N3O2/c1-5-20-10-6-7-12-27(20)24(29)19-13-18(14-25-15-19)23(28)26-22-17(4)9-8-11-21(22)16(2)3/h8-9,11,13-16,20H,5-7,10,12H2,1-4H3,(H,26,28). The number of nitrogens with one attached hydrogen (secondary N) is 1. The minimum absolute atomic E-state index is 0.0301. The summed E-state index contributed by atoms with van der Waals surface area (Å²) in [4.78, 5) is 32.1. The first-order chi connectivity index (χ1) is 13.9. The number of benzene rings is 1. The van der Waals surface area contributed by atoms with Crippen molar-refractivity contribution in [3.05, 3.63) is 58.9 Å². The Morgan fingerprint density at radius 3 is 2.69 bits per heavy atom. The van der Waals surface area contributed by atoms with Crippen LogP contribution < -0.4 is 5.32 Å². The van der Waals surface area contributed by atoms with Gasteiger partial charge < -0.3 is 10.2 Å². The van der Waals surface area contributed by atoms with Gasteiger partial charge in [0.25, 0.3) is 11.8 Å². The molecule has 2 amide bonds. The molecule has 1 unspecified atom stereocenters. The van der Waals surface area contributed by atoms with E-state index < -0.39 is 0 Å². The van der Waals surface area contributed by atoms with Gasteiger partial charge in [0.15, 0.2) is 0 Å². The van der Waals surface area contributed by atoms with Crippen LogP contribution in [0.15, 0.2) is 36.7 Å². The number of pyridine rings is 1. The molecule has 0 saturated carbocycles. The number of carbonyl (C=O) groups is 2. The summed E-state index contributed by atoms with van der Waals surface area (Å²) in [6.45, 7) is 9.09. The van der Waals surface area contributed by atoms with E-state index in [-0.39, 0.29) is 17.9 Å². The summed E-state index contributed by atoms with van der Waals surface area (Å²) in [5.74, 6) is 0.0211. The lowest BCUT2D eigenvalue weighted by Gasteiger charge is -2.35. The molecular weight excluding hydrogens is 362 g/mol. The summed E-state index contributed by atoms with van der Waals surface area (Å²) < 4.78 is 0. The third-order valence-electron chi connectivity index (χ3n) is 5.77. The number of hydrogen-bond acceptors (Lipinski definition) is 3. The van der Waals surface area contributed by atoms with Crippen LogP contribution in [0.25, 0.3) is 0 Å². The molecule has 1 aliphatic rings. The molecular formula is C24H31N3O2. The number of amides is 2. The van der Waals surface area contributed by atoms with Crippen molar-refractivity contribution in [2.75, 3.05) is 11.9 Å². The van der Waals surface area contributed by atoms with Crippen molar-refractivity contribution in [1.29, 1.82) is 0 Å². The van der Waals surface area contributed by atoms with Crippen LogP contribution in [-0.4, -0.2) is 34.3 Å². The lowest BCUT2D eigenvalue weighted by Crippen LogP contribution is -2.43. The van der Waals surface area contributed by atoms with Gasteiger partial charge in [0.2, 0.25) is 0 Å². The smallest absolute Gasteiger partial charge is 0.257 e. The number of nitrogens with zero attached hydrogens (tertiary/aromatic N) is 2. The van der Waals surface area contributed by atoms with Crippen molar-refractivity contribution in [2.24, 2.45) is 0 Å². The molecule has 3 rings (SSSR count). The lowest BCUT2D eigenvalue weighted by molar-refractivity contribution is 0.0607. The molecule has 0 aliphatic carbocycles. The minimum Gasteiger partial charge on any atom is -0.336 e. The van der Waals surface area contributed by atoms with E-state index in [1.54, 1.807) is 12.3 Å². The Bertz CT molecular complexity index is 891. The highest BCUT2D eigenvalue weighted by molar-refractivity contribution is 6.06. The summed E-state index contributed by atoms with van der Waals surface area (Å²) in [6, 6.07) is 7.96. The first-order valence-corrected chi connectivity index (χ1v) is 10.6. The average Bonchev–Trinajstić information content (AvgIpc) is 2.74. The third kappa shape index (κ3) is 4.66. The van der Waals surface area contributed by atoms with Gasteiger partial charge in [0.05, 0.1) is 11.1 Å². The SMILES string of the molecule is CCC1CCCCN1C(=O)c1cncc(C(=O)Nc2c(C)cccc2C(C)C)c1. The molecule has 1 aromatic heterocycles. The Labute approximate surface area is 173 Å². The fourth-order valence-electron chi connectivity index (χ4n) is 4.07. The topological polar surface area (TPSA) is 62.3 Å². The van der Waals surface area contributed by atoms with Crippen molar-refractivity contribution >= 4 is 17.5 Å². The van der Waals surface area contributed by atoms with Crippen molar-refractivity contribution < 1.29 is 9.59 Å². The average molecular weight is 394 g/mol. The van der Waals surface area contributed by atoms with E-state index in [2.05, 4.69) is 31.1 Å². The maximum Gasteiger partial charge on any atom is 0.257 e. The van der Waals surface area contributed by atoms with Crippen molar-refractivity contribution in [3.8, 4) is 0 Å². The monoisotopic (exact) mass is 393 g/mol. The molecule has 1 atom stereocenters. The van der Waals surface area contributed by atoms with E-state index in [4.69, 9.17) is 0 Å². The van der Waals surface area contributed by atoms with Crippen LogP contribution in [0.2, 0.25) is 0 Å². The number of aromatic nitrogens is 1. The van der Waals surface area contributed by atoms with Crippen LogP contribution in [0, 0.1) is 6.92 Å². The van der Waals surface area contributed by atoms with Gasteiger partial charge >= 0.3 is 0 Å². The van der Waals surface area contributed by atoms with Crippen LogP contribution in [-0.2, 0) is 0 Å². The Morgan fingerprint density at radius 2 is 1.97 bits per heavy atom. The fourth-order valence-corrected chi connectivity index (χ4v) is 4.07. The third-order valence-corrected chi connectivity index (χ3v) is 5.77. The first kappa shape index (κ1) is 21.0. The Balaban J connectivity index is 1.83. The van der Waals surface area contributed by atoms with Crippen molar-refractivity contribution in [2.45, 2.75) is 65.3 Å². The Hall–Kier alpha value is -2.69. The summed E-state index contributed by atoms with van der Waals surface area (Å²) in [5, 5.41) is 3.04. The number of anilines is 1. The summed E-state index contributed by atoms with van der Waals surface area (Å²) >= 11 is 0. The maximum absolute atomic E-state index is 13.1. The highest BCUT2D eigenvalue weighted by atomic mass is 16.2. The predicted octanol–water partition coefficient (Wildman–Crippen LogP) is 5.17. The maximum atomic E-state index is 13.1. The molecule has 5 nitrogen and oxygen atoms in total. The van der Waals surface area contributed by atoms with Gasteiger partial charge in [-0.2, -0.15) is 0 Å². The normalized spacial score (nSPS) is 16.7. The number of likely N-dealkylation sites (tertiary alicyclic amines) is 1. The summed E-state index contributed by atoms with van der Waals surface area (Å²) in [6.07, 6.45) is 7.27. The number of piperidine rings is 1. The molecule has 0 bridgehead atoms. The lowest BCUT2D eigenvalue weighted by atomic mass is 9.98. The van der Waals surface area contributed by atoms with E-state index >= 15 is 0 Å². The van der Waals surface area contributed by atoms with Gasteiger partial charge in [-0.15, -0.1) is 0 Å². The zero-order chi connectivity index (χ0) is 21.0. The van der Waals surface area contributed by atoms with E-state index in [0.717, 1.165) is 49.0 Å². The second-order valence-electron chi connectivity index (χ2n) is 8.17. The Morgan fingerprint density at radius 1 is 1.21 bits per heavy atom. The van der Waals surface area contributed by atoms with Crippen molar-refractivity contribution in [3.63, 3.8) is 0 Å².